The lowest BCUT2D eigenvalue weighted by Crippen LogP contribution is -2.16. The van der Waals surface area contributed by atoms with Crippen molar-refractivity contribution in [2.45, 2.75) is 20.4 Å². The first-order valence-corrected chi connectivity index (χ1v) is 7.54. The molecular weight excluding hydrogens is 296 g/mol. The van der Waals surface area contributed by atoms with Gasteiger partial charge in [0.2, 0.25) is 0 Å². The third-order valence-corrected chi connectivity index (χ3v) is 4.22. The van der Waals surface area contributed by atoms with Crippen molar-refractivity contribution in [1.82, 2.24) is 4.98 Å². The Kier molecular flexibility index (Phi) is 3.90. The highest BCUT2D eigenvalue weighted by Crippen LogP contribution is 2.22. The molecule has 0 radical (unpaired) electrons. The lowest BCUT2D eigenvalue weighted by molar-refractivity contribution is 1.08. The molecule has 4 heteroatoms. The Morgan fingerprint density at radius 1 is 1.09 bits per heavy atom. The Morgan fingerprint density at radius 2 is 1.86 bits per heavy atom. The van der Waals surface area contributed by atoms with E-state index in [1.165, 1.54) is 0 Å². The van der Waals surface area contributed by atoms with Gasteiger partial charge in [-0.2, -0.15) is 0 Å². The number of aromatic nitrogens is 1. The summed E-state index contributed by atoms with van der Waals surface area (Å²) in [4.78, 5) is 15.1. The molecule has 0 unspecified atom stereocenters. The number of para-hydroxylation sites is 1. The zero-order valence-corrected chi connectivity index (χ0v) is 13.3. The van der Waals surface area contributed by atoms with Crippen molar-refractivity contribution in [3.05, 3.63) is 74.5 Å². The monoisotopic (exact) mass is 312 g/mol. The lowest BCUT2D eigenvalue weighted by Gasteiger charge is -2.10. The smallest absolute Gasteiger partial charge is 0.253 e. The molecule has 1 heterocycles. The molecule has 112 valence electrons. The van der Waals surface area contributed by atoms with E-state index in [1.54, 1.807) is 6.07 Å². The second-order valence-corrected chi connectivity index (χ2v) is 5.89. The number of pyridine rings is 1. The molecule has 0 aliphatic rings. The van der Waals surface area contributed by atoms with Gasteiger partial charge in [-0.25, -0.2) is 0 Å². The topological polar surface area (TPSA) is 44.9 Å². The zero-order valence-electron chi connectivity index (χ0n) is 12.5. The van der Waals surface area contributed by atoms with Crippen LogP contribution in [0.2, 0.25) is 5.02 Å². The van der Waals surface area contributed by atoms with E-state index in [2.05, 4.69) is 10.3 Å². The van der Waals surface area contributed by atoms with Gasteiger partial charge in [-0.3, -0.25) is 4.79 Å². The summed E-state index contributed by atoms with van der Waals surface area (Å²) in [6, 6.07) is 13.7. The fourth-order valence-corrected chi connectivity index (χ4v) is 2.64. The quantitative estimate of drug-likeness (QED) is 0.752. The van der Waals surface area contributed by atoms with Crippen LogP contribution in [0.4, 0.5) is 5.69 Å². The zero-order chi connectivity index (χ0) is 15.7. The number of nitrogens with one attached hydrogen (secondary N) is 2. The maximum atomic E-state index is 12.2. The number of aryl methyl sites for hydroxylation is 2. The number of H-pyrrole nitrogens is 1. The first kappa shape index (κ1) is 14.7. The fourth-order valence-electron chi connectivity index (χ4n) is 2.48. The van der Waals surface area contributed by atoms with Crippen LogP contribution in [0.5, 0.6) is 0 Å². The molecule has 22 heavy (non-hydrogen) atoms. The molecule has 3 rings (SSSR count). The molecule has 0 atom stereocenters. The predicted octanol–water partition coefficient (Wildman–Crippen LogP) is 4.41. The normalized spacial score (nSPS) is 10.9. The number of rotatable bonds is 3. The molecule has 2 aromatic carbocycles. The number of hydrogen-bond acceptors (Lipinski definition) is 2. The van der Waals surface area contributed by atoms with Gasteiger partial charge in [-0.05, 0) is 54.6 Å². The highest BCUT2D eigenvalue weighted by molar-refractivity contribution is 6.32. The van der Waals surface area contributed by atoms with Gasteiger partial charge in [0.1, 0.15) is 0 Å². The molecule has 0 spiro atoms. The van der Waals surface area contributed by atoms with Gasteiger partial charge in [0.25, 0.3) is 5.56 Å². The average molecular weight is 313 g/mol. The van der Waals surface area contributed by atoms with E-state index in [9.17, 15) is 4.79 Å². The number of benzene rings is 2. The third kappa shape index (κ3) is 2.85. The lowest BCUT2D eigenvalue weighted by atomic mass is 10.1. The van der Waals surface area contributed by atoms with Crippen LogP contribution >= 0.6 is 11.6 Å². The van der Waals surface area contributed by atoms with Gasteiger partial charge in [0, 0.05) is 28.3 Å². The minimum atomic E-state index is -0.0893. The van der Waals surface area contributed by atoms with E-state index < -0.39 is 0 Å². The molecule has 3 nitrogen and oxygen atoms in total. The third-order valence-electron chi connectivity index (χ3n) is 3.81. The summed E-state index contributed by atoms with van der Waals surface area (Å²) in [5, 5.41) is 4.96. The molecule has 0 aliphatic carbocycles. The molecule has 1 aromatic heterocycles. The van der Waals surface area contributed by atoms with Crippen LogP contribution in [-0.2, 0) is 6.54 Å². The first-order chi connectivity index (χ1) is 10.5. The van der Waals surface area contributed by atoms with E-state index in [0.717, 1.165) is 27.7 Å². The predicted molar refractivity (Wildman–Crippen MR) is 92.8 cm³/mol. The standard InChI is InChI=1S/C18H17ClN2O/c1-11-5-3-4-6-16(11)20-10-14-8-13-7-12(2)15(19)9-17(13)21-18(14)22/h3-9,20H,10H2,1-2H3,(H,21,22). The van der Waals surface area contributed by atoms with E-state index in [-0.39, 0.29) is 5.56 Å². The Morgan fingerprint density at radius 3 is 2.64 bits per heavy atom. The van der Waals surface area contributed by atoms with Crippen molar-refractivity contribution >= 4 is 28.2 Å². The first-order valence-electron chi connectivity index (χ1n) is 7.16. The van der Waals surface area contributed by atoms with E-state index >= 15 is 0 Å². The van der Waals surface area contributed by atoms with Crippen molar-refractivity contribution < 1.29 is 0 Å². The van der Waals surface area contributed by atoms with Crippen LogP contribution in [0.1, 0.15) is 16.7 Å². The van der Waals surface area contributed by atoms with Crippen LogP contribution in [0.25, 0.3) is 10.9 Å². The van der Waals surface area contributed by atoms with Crippen molar-refractivity contribution in [3.63, 3.8) is 0 Å². The van der Waals surface area contributed by atoms with Gasteiger partial charge in [0.15, 0.2) is 0 Å². The Hall–Kier alpha value is -2.26. The molecule has 0 bridgehead atoms. The fraction of sp³-hybridized carbons (Fsp3) is 0.167. The van der Waals surface area contributed by atoms with Crippen molar-refractivity contribution in [1.29, 1.82) is 0 Å². The van der Waals surface area contributed by atoms with Gasteiger partial charge in [-0.15, -0.1) is 0 Å². The largest absolute Gasteiger partial charge is 0.381 e. The van der Waals surface area contributed by atoms with Crippen LogP contribution < -0.4 is 10.9 Å². The molecule has 2 N–H and O–H groups in total. The molecule has 0 aliphatic heterocycles. The number of halogens is 1. The number of anilines is 1. The van der Waals surface area contributed by atoms with Crippen molar-refractivity contribution in [3.8, 4) is 0 Å². The molecule has 0 saturated heterocycles. The summed E-state index contributed by atoms with van der Waals surface area (Å²) in [5.41, 5.74) is 4.57. The minimum Gasteiger partial charge on any atom is -0.381 e. The Bertz CT molecular complexity index is 899. The van der Waals surface area contributed by atoms with E-state index in [1.807, 2.05) is 50.2 Å². The summed E-state index contributed by atoms with van der Waals surface area (Å²) in [5.74, 6) is 0. The van der Waals surface area contributed by atoms with Crippen molar-refractivity contribution in [2.75, 3.05) is 5.32 Å². The summed E-state index contributed by atoms with van der Waals surface area (Å²) in [7, 11) is 0. The van der Waals surface area contributed by atoms with Crippen LogP contribution in [-0.4, -0.2) is 4.98 Å². The van der Waals surface area contributed by atoms with Gasteiger partial charge >= 0.3 is 0 Å². The van der Waals surface area contributed by atoms with Gasteiger partial charge in [0.05, 0.1) is 0 Å². The number of aromatic amines is 1. The Labute approximate surface area is 133 Å². The van der Waals surface area contributed by atoms with Crippen LogP contribution in [0, 0.1) is 13.8 Å². The van der Waals surface area contributed by atoms with Gasteiger partial charge < -0.3 is 10.3 Å². The maximum Gasteiger partial charge on any atom is 0.253 e. The number of fused-ring (bicyclic) bond motifs is 1. The number of hydrogen-bond donors (Lipinski definition) is 2. The average Bonchev–Trinajstić information content (AvgIpc) is 2.48. The van der Waals surface area contributed by atoms with E-state index in [0.29, 0.717) is 17.1 Å². The second-order valence-electron chi connectivity index (χ2n) is 5.48. The summed E-state index contributed by atoms with van der Waals surface area (Å²) in [6.07, 6.45) is 0. The Balaban J connectivity index is 1.94. The maximum absolute atomic E-state index is 12.2. The van der Waals surface area contributed by atoms with Crippen molar-refractivity contribution in [2.24, 2.45) is 0 Å². The van der Waals surface area contributed by atoms with Gasteiger partial charge in [-0.1, -0.05) is 29.8 Å². The SMILES string of the molecule is Cc1cc2cc(CNc3ccccc3C)c(=O)[nH]c2cc1Cl. The molecule has 0 saturated carbocycles. The summed E-state index contributed by atoms with van der Waals surface area (Å²) < 4.78 is 0. The molecule has 0 amide bonds. The molecular formula is C18H17ClN2O. The summed E-state index contributed by atoms with van der Waals surface area (Å²) >= 11 is 6.10. The highest BCUT2D eigenvalue weighted by atomic mass is 35.5. The van der Waals surface area contributed by atoms with Crippen LogP contribution in [0.15, 0.2) is 47.3 Å². The highest BCUT2D eigenvalue weighted by Gasteiger charge is 2.06. The van der Waals surface area contributed by atoms with Crippen LogP contribution in [0.3, 0.4) is 0 Å². The molecule has 0 fully saturated rings. The molecule has 3 aromatic rings. The minimum absolute atomic E-state index is 0.0893. The summed E-state index contributed by atoms with van der Waals surface area (Å²) in [6.45, 7) is 4.48. The second kappa shape index (κ2) is 5.85. The van der Waals surface area contributed by atoms with E-state index in [4.69, 9.17) is 11.6 Å².